The Kier molecular flexibility index (Phi) is 9.23. The summed E-state index contributed by atoms with van der Waals surface area (Å²) in [5.41, 5.74) is 8.28. The molecule has 190 valence electrons. The Bertz CT molecular complexity index is 1020. The standard InChI is InChI=1S/C27H34Cl3N3O2/c1-18(32-10-2-3-11-32)17-35-26-16-22(29)6-7-23(26)19-8-12-33(13-9-19)27(34)25(31)14-20-4-5-21(28)15-24(20)30/h4-7,15-16,18-19,25H,2-3,8-14,17,31H2,1H3/t18-,25+/m0/s1. The van der Waals surface area contributed by atoms with E-state index in [2.05, 4.69) is 17.9 Å². The number of rotatable bonds is 8. The normalized spacial score (nSPS) is 19.1. The fourth-order valence-electron chi connectivity index (χ4n) is 5.13. The number of piperidine rings is 1. The lowest BCUT2D eigenvalue weighted by molar-refractivity contribution is -0.133. The third-order valence-corrected chi connectivity index (χ3v) is 8.06. The highest BCUT2D eigenvalue weighted by Crippen LogP contribution is 2.36. The van der Waals surface area contributed by atoms with E-state index < -0.39 is 6.04 Å². The first-order chi connectivity index (χ1) is 16.8. The van der Waals surface area contributed by atoms with Crippen LogP contribution in [0.1, 0.15) is 49.7 Å². The SMILES string of the molecule is C[C@@H](COc1cc(Cl)ccc1C1CCN(C(=O)[C@H](N)Cc2ccc(Cl)cc2Cl)CC1)N1CCCC1. The molecule has 0 unspecified atom stereocenters. The maximum absolute atomic E-state index is 13.0. The number of nitrogens with two attached hydrogens (primary N) is 1. The highest BCUT2D eigenvalue weighted by molar-refractivity contribution is 6.35. The van der Waals surface area contributed by atoms with Gasteiger partial charge in [0.15, 0.2) is 0 Å². The largest absolute Gasteiger partial charge is 0.492 e. The molecule has 2 heterocycles. The summed E-state index contributed by atoms with van der Waals surface area (Å²) in [7, 11) is 0. The average molecular weight is 539 g/mol. The molecule has 0 saturated carbocycles. The molecule has 4 rings (SSSR count). The third-order valence-electron chi connectivity index (χ3n) is 7.24. The number of amides is 1. The molecule has 2 aliphatic rings. The second-order valence-corrected chi connectivity index (χ2v) is 11.0. The zero-order chi connectivity index (χ0) is 24.9. The molecule has 2 fully saturated rings. The maximum atomic E-state index is 13.0. The van der Waals surface area contributed by atoms with Gasteiger partial charge in [0.1, 0.15) is 12.4 Å². The number of carbonyl (C=O) groups excluding carboxylic acids is 1. The zero-order valence-corrected chi connectivity index (χ0v) is 22.5. The number of ether oxygens (including phenoxy) is 1. The molecular weight excluding hydrogens is 505 g/mol. The minimum absolute atomic E-state index is 0.0403. The number of benzene rings is 2. The van der Waals surface area contributed by atoms with Crippen LogP contribution in [0.25, 0.3) is 0 Å². The Morgan fingerprint density at radius 1 is 1.03 bits per heavy atom. The smallest absolute Gasteiger partial charge is 0.239 e. The van der Waals surface area contributed by atoms with Crippen LogP contribution in [-0.4, -0.2) is 60.6 Å². The Morgan fingerprint density at radius 3 is 2.37 bits per heavy atom. The minimum Gasteiger partial charge on any atom is -0.492 e. The molecular formula is C27H34Cl3N3O2. The lowest BCUT2D eigenvalue weighted by Crippen LogP contribution is -2.47. The topological polar surface area (TPSA) is 58.8 Å². The van der Waals surface area contributed by atoms with E-state index in [9.17, 15) is 4.79 Å². The summed E-state index contributed by atoms with van der Waals surface area (Å²) in [6.07, 6.45) is 4.64. The number of nitrogens with zero attached hydrogens (tertiary/aromatic N) is 2. The molecule has 2 aromatic carbocycles. The van der Waals surface area contributed by atoms with Crippen molar-refractivity contribution in [3.05, 3.63) is 62.6 Å². The van der Waals surface area contributed by atoms with E-state index in [1.54, 1.807) is 12.1 Å². The Balaban J connectivity index is 1.34. The summed E-state index contributed by atoms with van der Waals surface area (Å²) < 4.78 is 6.30. The predicted octanol–water partition coefficient (Wildman–Crippen LogP) is 5.79. The predicted molar refractivity (Wildman–Crippen MR) is 144 cm³/mol. The van der Waals surface area contributed by atoms with E-state index >= 15 is 0 Å². The van der Waals surface area contributed by atoms with Gasteiger partial charge in [0.2, 0.25) is 5.91 Å². The molecule has 8 heteroatoms. The van der Waals surface area contributed by atoms with Gasteiger partial charge in [-0.2, -0.15) is 0 Å². The number of hydrogen-bond donors (Lipinski definition) is 1. The first-order valence-corrected chi connectivity index (χ1v) is 13.6. The molecule has 2 aliphatic heterocycles. The van der Waals surface area contributed by atoms with Crippen LogP contribution >= 0.6 is 34.8 Å². The first kappa shape index (κ1) is 26.6. The highest BCUT2D eigenvalue weighted by Gasteiger charge is 2.29. The van der Waals surface area contributed by atoms with Crippen molar-refractivity contribution in [2.45, 2.75) is 57.0 Å². The summed E-state index contributed by atoms with van der Waals surface area (Å²) in [4.78, 5) is 17.4. The van der Waals surface area contributed by atoms with E-state index in [1.807, 2.05) is 23.1 Å². The van der Waals surface area contributed by atoms with Crippen molar-refractivity contribution >= 4 is 40.7 Å². The van der Waals surface area contributed by atoms with Gasteiger partial charge in [-0.15, -0.1) is 0 Å². The Morgan fingerprint density at radius 2 is 1.69 bits per heavy atom. The van der Waals surface area contributed by atoms with Crippen LogP contribution in [0.4, 0.5) is 0 Å². The summed E-state index contributed by atoms with van der Waals surface area (Å²) in [6, 6.07) is 11.0. The van der Waals surface area contributed by atoms with Crippen molar-refractivity contribution in [2.24, 2.45) is 5.73 Å². The van der Waals surface area contributed by atoms with E-state index in [1.165, 1.54) is 18.4 Å². The summed E-state index contributed by atoms with van der Waals surface area (Å²) in [5.74, 6) is 1.14. The van der Waals surface area contributed by atoms with E-state index in [-0.39, 0.29) is 5.91 Å². The number of carbonyl (C=O) groups is 1. The second-order valence-electron chi connectivity index (χ2n) is 9.73. The van der Waals surface area contributed by atoms with Crippen LogP contribution in [0.15, 0.2) is 36.4 Å². The number of likely N-dealkylation sites (tertiary alicyclic amines) is 2. The Hall–Kier alpha value is -1.50. The van der Waals surface area contributed by atoms with Crippen molar-refractivity contribution in [2.75, 3.05) is 32.8 Å². The summed E-state index contributed by atoms with van der Waals surface area (Å²) in [5, 5.41) is 1.78. The van der Waals surface area contributed by atoms with E-state index in [0.717, 1.165) is 37.2 Å². The van der Waals surface area contributed by atoms with Crippen molar-refractivity contribution in [1.82, 2.24) is 9.80 Å². The van der Waals surface area contributed by atoms with Gasteiger partial charge in [0, 0.05) is 34.2 Å². The van der Waals surface area contributed by atoms with Crippen LogP contribution in [0.2, 0.25) is 15.1 Å². The summed E-state index contributed by atoms with van der Waals surface area (Å²) in [6.45, 7) is 6.49. The van der Waals surface area contributed by atoms with Gasteiger partial charge in [0.25, 0.3) is 0 Å². The molecule has 35 heavy (non-hydrogen) atoms. The van der Waals surface area contributed by atoms with Crippen LogP contribution in [0.3, 0.4) is 0 Å². The van der Waals surface area contributed by atoms with Crippen molar-refractivity contribution in [3.63, 3.8) is 0 Å². The monoisotopic (exact) mass is 537 g/mol. The number of hydrogen-bond acceptors (Lipinski definition) is 4. The van der Waals surface area contributed by atoms with E-state index in [0.29, 0.717) is 53.1 Å². The third kappa shape index (κ3) is 6.84. The van der Waals surface area contributed by atoms with Crippen LogP contribution < -0.4 is 10.5 Å². The van der Waals surface area contributed by atoms with Gasteiger partial charge in [-0.1, -0.05) is 46.9 Å². The molecule has 2 saturated heterocycles. The Labute approximate surface area is 223 Å². The quantitative estimate of drug-likeness (QED) is 0.462. The van der Waals surface area contributed by atoms with Crippen LogP contribution in [0.5, 0.6) is 5.75 Å². The molecule has 2 N–H and O–H groups in total. The van der Waals surface area contributed by atoms with Crippen molar-refractivity contribution in [3.8, 4) is 5.75 Å². The highest BCUT2D eigenvalue weighted by atomic mass is 35.5. The van der Waals surface area contributed by atoms with Gasteiger partial charge < -0.3 is 15.4 Å². The van der Waals surface area contributed by atoms with Crippen molar-refractivity contribution in [1.29, 1.82) is 0 Å². The fourth-order valence-corrected chi connectivity index (χ4v) is 5.77. The molecule has 0 bridgehead atoms. The molecule has 0 aromatic heterocycles. The molecule has 0 radical (unpaired) electrons. The van der Waals surface area contributed by atoms with Crippen LogP contribution in [0, 0.1) is 0 Å². The van der Waals surface area contributed by atoms with Crippen LogP contribution in [-0.2, 0) is 11.2 Å². The molecule has 2 atom stereocenters. The van der Waals surface area contributed by atoms with E-state index in [4.69, 9.17) is 45.3 Å². The van der Waals surface area contributed by atoms with Gasteiger partial charge in [-0.05, 0) is 93.4 Å². The molecule has 0 aliphatic carbocycles. The van der Waals surface area contributed by atoms with Gasteiger partial charge in [0.05, 0.1) is 6.04 Å². The molecule has 0 spiro atoms. The molecule has 1 amide bonds. The van der Waals surface area contributed by atoms with Crippen molar-refractivity contribution < 1.29 is 9.53 Å². The zero-order valence-electron chi connectivity index (χ0n) is 20.2. The lowest BCUT2D eigenvalue weighted by atomic mass is 9.88. The average Bonchev–Trinajstić information content (AvgIpc) is 3.39. The lowest BCUT2D eigenvalue weighted by Gasteiger charge is -2.34. The second kappa shape index (κ2) is 12.2. The fraction of sp³-hybridized carbons (Fsp3) is 0.519. The van der Waals surface area contributed by atoms with Gasteiger partial charge in [-0.3, -0.25) is 9.69 Å². The molecule has 2 aromatic rings. The summed E-state index contributed by atoms with van der Waals surface area (Å²) >= 11 is 18.6. The van der Waals surface area contributed by atoms with Gasteiger partial charge >= 0.3 is 0 Å². The minimum atomic E-state index is -0.633. The number of halogens is 3. The maximum Gasteiger partial charge on any atom is 0.239 e. The molecule has 5 nitrogen and oxygen atoms in total. The first-order valence-electron chi connectivity index (χ1n) is 12.5. The van der Waals surface area contributed by atoms with Gasteiger partial charge in [-0.25, -0.2) is 0 Å².